The maximum Gasteiger partial charge on any atom is 0.111 e. The molecule has 3 N–H and O–H groups in total. The Bertz CT molecular complexity index is 337. The second-order valence-corrected chi connectivity index (χ2v) is 8.31. The fourth-order valence-corrected chi connectivity index (χ4v) is 4.36. The average molecular weight is 323 g/mol. The quantitative estimate of drug-likeness (QED) is 0.398. The summed E-state index contributed by atoms with van der Waals surface area (Å²) in [6.07, 6.45) is 1.52. The first kappa shape index (κ1) is 19.1. The molecule has 1 saturated heterocycles. The first-order valence-electron chi connectivity index (χ1n) is 7.83. The van der Waals surface area contributed by atoms with Crippen LogP contribution in [-0.4, -0.2) is 58.7 Å². The topological polar surface area (TPSA) is 110 Å². The number of hydrogen-bond acceptors (Lipinski definition) is 6. The highest BCUT2D eigenvalue weighted by Gasteiger charge is 2.43. The van der Waals surface area contributed by atoms with Gasteiger partial charge in [-0.15, -0.1) is 0 Å². The van der Waals surface area contributed by atoms with Crippen LogP contribution in [0.2, 0.25) is 0 Å². The third-order valence-corrected chi connectivity index (χ3v) is 5.87. The van der Waals surface area contributed by atoms with Gasteiger partial charge in [-0.05, 0) is 12.6 Å². The van der Waals surface area contributed by atoms with Gasteiger partial charge in [0.15, 0.2) is 0 Å². The largest absolute Gasteiger partial charge is 0.799 e. The Balaban J connectivity index is 2.30. The van der Waals surface area contributed by atoms with Gasteiger partial charge in [0.2, 0.25) is 0 Å². The Kier molecular flexibility index (Phi) is 8.39. The number of ether oxygens (including phenoxy) is 1. The smallest absolute Gasteiger partial charge is 0.111 e. The molecule has 0 amide bonds. The lowest BCUT2D eigenvalue weighted by Crippen LogP contribution is -2.35. The van der Waals surface area contributed by atoms with E-state index >= 15 is 0 Å². The Labute approximate surface area is 126 Å². The van der Waals surface area contributed by atoms with Crippen molar-refractivity contribution in [2.75, 3.05) is 18.9 Å². The summed E-state index contributed by atoms with van der Waals surface area (Å²) in [6, 6.07) is 0. The second-order valence-electron chi connectivity index (χ2n) is 5.87. The Morgan fingerprint density at radius 3 is 2.19 bits per heavy atom. The van der Waals surface area contributed by atoms with Crippen LogP contribution in [0.4, 0.5) is 0 Å². The molecule has 5 atom stereocenters. The summed E-state index contributed by atoms with van der Waals surface area (Å²) in [5, 5.41) is 28.3. The molecule has 1 aliphatic heterocycles. The fourth-order valence-electron chi connectivity index (χ4n) is 2.63. The first-order valence-corrected chi connectivity index (χ1v) is 9.82. The highest BCUT2D eigenvalue weighted by atomic mass is 31.2. The number of rotatable bonds is 10. The fraction of sp³-hybridized carbons (Fsp3) is 1.00. The zero-order valence-electron chi connectivity index (χ0n) is 12.7. The number of aliphatic hydroxyl groups excluding tert-OH is 3. The lowest BCUT2D eigenvalue weighted by atomic mass is 10.1. The molecule has 1 heterocycles. The Morgan fingerprint density at radius 2 is 1.62 bits per heavy atom. The molecule has 7 heteroatoms. The van der Waals surface area contributed by atoms with Crippen molar-refractivity contribution < 1.29 is 29.5 Å². The van der Waals surface area contributed by atoms with E-state index in [0.29, 0.717) is 6.42 Å². The van der Waals surface area contributed by atoms with Crippen LogP contribution in [0.3, 0.4) is 0 Å². The van der Waals surface area contributed by atoms with E-state index in [1.807, 2.05) is 0 Å². The molecule has 1 unspecified atom stereocenters. The lowest BCUT2D eigenvalue weighted by molar-refractivity contribution is -0.177. The molecule has 0 aliphatic carbocycles. The van der Waals surface area contributed by atoms with E-state index in [9.17, 15) is 19.7 Å². The van der Waals surface area contributed by atoms with E-state index in [-0.39, 0.29) is 12.3 Å². The highest BCUT2D eigenvalue weighted by molar-refractivity contribution is 7.56. The molecule has 0 aromatic heterocycles. The lowest BCUT2D eigenvalue weighted by Gasteiger charge is -2.27. The van der Waals surface area contributed by atoms with Gasteiger partial charge in [0.1, 0.15) is 18.3 Å². The minimum absolute atomic E-state index is 0.103. The molecule has 21 heavy (non-hydrogen) atoms. The summed E-state index contributed by atoms with van der Waals surface area (Å²) < 4.78 is 17.2. The van der Waals surface area contributed by atoms with Gasteiger partial charge in [-0.25, -0.2) is 0 Å². The molecule has 1 rings (SSSR count). The monoisotopic (exact) mass is 323 g/mol. The predicted molar refractivity (Wildman–Crippen MR) is 78.5 cm³/mol. The normalized spacial score (nSPS) is 32.2. The summed E-state index contributed by atoms with van der Waals surface area (Å²) in [5.74, 6) is 0. The first-order chi connectivity index (χ1) is 9.91. The van der Waals surface area contributed by atoms with Gasteiger partial charge in [-0.1, -0.05) is 39.0 Å². The van der Waals surface area contributed by atoms with Gasteiger partial charge in [0, 0.05) is 13.5 Å². The van der Waals surface area contributed by atoms with Crippen molar-refractivity contribution in [1.82, 2.24) is 0 Å². The van der Waals surface area contributed by atoms with Crippen LogP contribution < -0.4 is 4.89 Å². The van der Waals surface area contributed by atoms with Crippen LogP contribution in [0.5, 0.6) is 0 Å². The zero-order chi connectivity index (χ0) is 15.9. The molecular weight excluding hydrogens is 295 g/mol. The molecule has 0 saturated carbocycles. The van der Waals surface area contributed by atoms with Crippen molar-refractivity contribution >= 4 is 7.37 Å². The summed E-state index contributed by atoms with van der Waals surface area (Å²) in [7, 11) is -3.63. The van der Waals surface area contributed by atoms with E-state index in [1.54, 1.807) is 0 Å². The van der Waals surface area contributed by atoms with Gasteiger partial charge in [0.25, 0.3) is 0 Å². The van der Waals surface area contributed by atoms with Gasteiger partial charge < -0.3 is 29.5 Å². The maximum atomic E-state index is 12.0. The minimum Gasteiger partial charge on any atom is -0.799 e. The molecule has 0 radical (unpaired) electrons. The summed E-state index contributed by atoms with van der Waals surface area (Å²) >= 11 is 0. The SMILES string of the molecule is CCCCCCCCP(=O)([O-])C[C@@H]1O[C@H](CO)[C@@H](O)[C@@H]1O. The zero-order valence-corrected chi connectivity index (χ0v) is 13.6. The van der Waals surface area contributed by atoms with Crippen LogP contribution in [0.25, 0.3) is 0 Å². The van der Waals surface area contributed by atoms with Crippen LogP contribution in [-0.2, 0) is 9.30 Å². The van der Waals surface area contributed by atoms with Gasteiger partial charge in [-0.2, -0.15) is 0 Å². The van der Waals surface area contributed by atoms with Gasteiger partial charge in [-0.3, -0.25) is 0 Å². The molecule has 0 aromatic rings. The minimum atomic E-state index is -3.63. The molecular formula is C14H28O6P-. The maximum absolute atomic E-state index is 12.0. The van der Waals surface area contributed by atoms with E-state index in [1.165, 1.54) is 6.42 Å². The van der Waals surface area contributed by atoms with E-state index < -0.39 is 38.4 Å². The third-order valence-electron chi connectivity index (χ3n) is 3.95. The van der Waals surface area contributed by atoms with Crippen molar-refractivity contribution in [3.8, 4) is 0 Å². The second kappa shape index (κ2) is 9.23. The molecule has 1 aliphatic rings. The number of aliphatic hydroxyl groups is 3. The van der Waals surface area contributed by atoms with Crippen LogP contribution >= 0.6 is 7.37 Å². The van der Waals surface area contributed by atoms with E-state index in [2.05, 4.69) is 6.92 Å². The van der Waals surface area contributed by atoms with Crippen LogP contribution in [0, 0.1) is 0 Å². The Hall–Kier alpha value is 0.0300. The standard InChI is InChI=1S/C14H29O6P/c1-2-3-4-5-6-7-8-21(18,19)10-12-14(17)13(16)11(9-15)20-12/h11-17H,2-10H2,1H3,(H,18,19)/p-1/t11-,12+,13-,14-/m1/s1. The predicted octanol–water partition coefficient (Wildman–Crippen LogP) is 0.467. The van der Waals surface area contributed by atoms with E-state index in [4.69, 9.17) is 9.84 Å². The van der Waals surface area contributed by atoms with Crippen LogP contribution in [0.1, 0.15) is 45.4 Å². The molecule has 1 fully saturated rings. The van der Waals surface area contributed by atoms with Crippen molar-refractivity contribution in [2.24, 2.45) is 0 Å². The van der Waals surface area contributed by atoms with Gasteiger partial charge >= 0.3 is 0 Å². The summed E-state index contributed by atoms with van der Waals surface area (Å²) in [4.78, 5) is 12.0. The van der Waals surface area contributed by atoms with Crippen molar-refractivity contribution in [3.63, 3.8) is 0 Å². The number of unbranched alkanes of at least 4 members (excludes halogenated alkanes) is 5. The third kappa shape index (κ3) is 6.35. The molecule has 0 bridgehead atoms. The van der Waals surface area contributed by atoms with Crippen molar-refractivity contribution in [1.29, 1.82) is 0 Å². The summed E-state index contributed by atoms with van der Waals surface area (Å²) in [5.41, 5.74) is 0. The average Bonchev–Trinajstić information content (AvgIpc) is 2.70. The van der Waals surface area contributed by atoms with E-state index in [0.717, 1.165) is 25.7 Å². The molecule has 0 aromatic carbocycles. The number of hydrogen-bond donors (Lipinski definition) is 3. The summed E-state index contributed by atoms with van der Waals surface area (Å²) in [6.45, 7) is 1.70. The Morgan fingerprint density at radius 1 is 1.05 bits per heavy atom. The molecule has 6 nitrogen and oxygen atoms in total. The molecule has 0 spiro atoms. The van der Waals surface area contributed by atoms with Crippen molar-refractivity contribution in [3.05, 3.63) is 0 Å². The molecule has 126 valence electrons. The van der Waals surface area contributed by atoms with Crippen LogP contribution in [0.15, 0.2) is 0 Å². The highest BCUT2D eigenvalue weighted by Crippen LogP contribution is 2.40. The van der Waals surface area contributed by atoms with Crippen molar-refractivity contribution in [2.45, 2.75) is 69.9 Å². The van der Waals surface area contributed by atoms with Gasteiger partial charge in [0.05, 0.1) is 12.7 Å².